The maximum absolute atomic E-state index is 4.67. The molecule has 0 bridgehead atoms. The van der Waals surface area contributed by atoms with Crippen molar-refractivity contribution in [3.05, 3.63) is 17.0 Å². The highest BCUT2D eigenvalue weighted by molar-refractivity contribution is 14.0. The molecule has 0 amide bonds. The van der Waals surface area contributed by atoms with E-state index in [1.165, 1.54) is 24.1 Å². The highest BCUT2D eigenvalue weighted by atomic mass is 127. The fourth-order valence-corrected chi connectivity index (χ4v) is 2.68. The molecule has 0 unspecified atom stereocenters. The molecular formula is C18H36IN5. The molecule has 24 heavy (non-hydrogen) atoms. The quantitative estimate of drug-likeness (QED) is 0.262. The lowest BCUT2D eigenvalue weighted by atomic mass is 10.1. The van der Waals surface area contributed by atoms with Crippen molar-refractivity contribution in [1.29, 1.82) is 0 Å². The van der Waals surface area contributed by atoms with Crippen LogP contribution in [0.5, 0.6) is 0 Å². The van der Waals surface area contributed by atoms with Crippen molar-refractivity contribution < 1.29 is 0 Å². The molecule has 0 fully saturated rings. The highest BCUT2D eigenvalue weighted by Crippen LogP contribution is 2.11. The van der Waals surface area contributed by atoms with Crippen LogP contribution in [0.4, 0.5) is 0 Å². The average Bonchev–Trinajstić information content (AvgIpc) is 2.72. The fraction of sp³-hybridized carbons (Fsp3) is 0.778. The van der Waals surface area contributed by atoms with Crippen LogP contribution in [-0.2, 0) is 13.5 Å². The van der Waals surface area contributed by atoms with Crippen LogP contribution in [0.15, 0.2) is 4.99 Å². The summed E-state index contributed by atoms with van der Waals surface area (Å²) in [4.78, 5) is 4.67. The number of nitrogens with one attached hydrogen (secondary N) is 2. The first-order valence-electron chi connectivity index (χ1n) is 8.96. The Morgan fingerprint density at radius 3 is 2.46 bits per heavy atom. The minimum Gasteiger partial charge on any atom is -0.357 e. The van der Waals surface area contributed by atoms with Gasteiger partial charge in [0, 0.05) is 32.4 Å². The van der Waals surface area contributed by atoms with Gasteiger partial charge in [0.15, 0.2) is 5.96 Å². The summed E-state index contributed by atoms with van der Waals surface area (Å²) in [5, 5.41) is 11.2. The number of unbranched alkanes of at least 4 members (excludes halogenated alkanes) is 1. The Bertz CT molecular complexity index is 494. The summed E-state index contributed by atoms with van der Waals surface area (Å²) in [6.45, 7) is 13.5. The topological polar surface area (TPSA) is 54.2 Å². The molecule has 0 saturated heterocycles. The van der Waals surface area contributed by atoms with Crippen LogP contribution in [0.25, 0.3) is 0 Å². The zero-order chi connectivity index (χ0) is 17.2. The van der Waals surface area contributed by atoms with Gasteiger partial charge in [0.25, 0.3) is 0 Å². The molecule has 1 heterocycles. The number of aryl methyl sites for hydroxylation is 2. The monoisotopic (exact) mass is 449 g/mol. The predicted octanol–water partition coefficient (Wildman–Crippen LogP) is 3.58. The maximum Gasteiger partial charge on any atom is 0.191 e. The lowest BCUT2D eigenvalue weighted by Gasteiger charge is -2.11. The second-order valence-electron chi connectivity index (χ2n) is 6.60. The van der Waals surface area contributed by atoms with Crippen molar-refractivity contribution >= 4 is 29.9 Å². The maximum atomic E-state index is 4.67. The molecule has 0 spiro atoms. The predicted molar refractivity (Wildman–Crippen MR) is 114 cm³/mol. The Hall–Kier alpha value is -0.790. The Kier molecular flexibility index (Phi) is 12.1. The van der Waals surface area contributed by atoms with E-state index < -0.39 is 0 Å². The van der Waals surface area contributed by atoms with Crippen LogP contribution in [0.3, 0.4) is 0 Å². The van der Waals surface area contributed by atoms with E-state index >= 15 is 0 Å². The van der Waals surface area contributed by atoms with Gasteiger partial charge in [0.05, 0.1) is 5.69 Å². The number of aliphatic imine (C=N–C) groups is 1. The summed E-state index contributed by atoms with van der Waals surface area (Å²) in [6.07, 6.45) is 4.69. The molecular weight excluding hydrogens is 413 g/mol. The van der Waals surface area contributed by atoms with Gasteiger partial charge in [-0.1, -0.05) is 26.7 Å². The molecule has 140 valence electrons. The van der Waals surface area contributed by atoms with Crippen LogP contribution in [0, 0.1) is 19.8 Å². The van der Waals surface area contributed by atoms with E-state index in [0.717, 1.165) is 50.0 Å². The average molecular weight is 449 g/mol. The van der Waals surface area contributed by atoms with Crippen LogP contribution in [0.1, 0.15) is 57.0 Å². The first-order chi connectivity index (χ1) is 11.0. The number of hydrogen-bond acceptors (Lipinski definition) is 2. The standard InChI is InChI=1S/C18H35N5.HI/c1-7-19-18(20-12-9-8-10-14(2)3)21-13-11-17-15(4)22-23(6)16(17)5;/h14H,7-13H2,1-6H3,(H2,19,20,21);1H. The van der Waals surface area contributed by atoms with Crippen molar-refractivity contribution in [2.75, 3.05) is 19.6 Å². The molecule has 0 aromatic carbocycles. The smallest absolute Gasteiger partial charge is 0.191 e. The molecule has 0 aliphatic heterocycles. The largest absolute Gasteiger partial charge is 0.357 e. The fourth-order valence-electron chi connectivity index (χ4n) is 2.68. The molecule has 2 N–H and O–H groups in total. The van der Waals surface area contributed by atoms with Crippen molar-refractivity contribution in [3.63, 3.8) is 0 Å². The van der Waals surface area contributed by atoms with E-state index in [9.17, 15) is 0 Å². The van der Waals surface area contributed by atoms with Crippen LogP contribution < -0.4 is 10.6 Å². The van der Waals surface area contributed by atoms with Crippen LogP contribution >= 0.6 is 24.0 Å². The minimum absolute atomic E-state index is 0. The lowest BCUT2D eigenvalue weighted by Crippen LogP contribution is -2.38. The van der Waals surface area contributed by atoms with Gasteiger partial charge in [-0.15, -0.1) is 24.0 Å². The molecule has 1 aromatic heterocycles. The summed E-state index contributed by atoms with van der Waals surface area (Å²) < 4.78 is 1.96. The van der Waals surface area contributed by atoms with E-state index in [1.807, 2.05) is 11.7 Å². The van der Waals surface area contributed by atoms with Crippen molar-refractivity contribution in [3.8, 4) is 0 Å². The van der Waals surface area contributed by atoms with E-state index in [0.29, 0.717) is 0 Å². The van der Waals surface area contributed by atoms with Crippen molar-refractivity contribution in [1.82, 2.24) is 20.4 Å². The first kappa shape index (κ1) is 23.2. The second kappa shape index (κ2) is 12.6. The molecule has 0 radical (unpaired) electrons. The third-order valence-corrected chi connectivity index (χ3v) is 4.13. The molecule has 0 saturated carbocycles. The van der Waals surface area contributed by atoms with Gasteiger partial charge in [-0.3, -0.25) is 9.67 Å². The van der Waals surface area contributed by atoms with Gasteiger partial charge in [0.2, 0.25) is 0 Å². The third-order valence-electron chi connectivity index (χ3n) is 4.13. The third kappa shape index (κ3) is 8.35. The number of hydrogen-bond donors (Lipinski definition) is 2. The molecule has 1 rings (SSSR count). The molecule has 0 atom stereocenters. The number of halogens is 1. The SMILES string of the molecule is CCNC(=NCCCCC(C)C)NCCc1c(C)nn(C)c1C.I. The van der Waals surface area contributed by atoms with Gasteiger partial charge in [-0.25, -0.2) is 0 Å². The van der Waals surface area contributed by atoms with E-state index in [-0.39, 0.29) is 24.0 Å². The summed E-state index contributed by atoms with van der Waals surface area (Å²) in [5.41, 5.74) is 3.72. The zero-order valence-electron chi connectivity index (χ0n) is 16.3. The summed E-state index contributed by atoms with van der Waals surface area (Å²) in [6, 6.07) is 0. The van der Waals surface area contributed by atoms with Gasteiger partial charge in [-0.2, -0.15) is 5.10 Å². The number of aromatic nitrogens is 2. The van der Waals surface area contributed by atoms with Gasteiger partial charge >= 0.3 is 0 Å². The molecule has 0 aliphatic rings. The Balaban J connectivity index is 0.00000529. The summed E-state index contributed by atoms with van der Waals surface area (Å²) in [7, 11) is 2.00. The van der Waals surface area contributed by atoms with Crippen molar-refractivity contribution in [2.45, 2.75) is 60.3 Å². The Labute approximate surface area is 165 Å². The van der Waals surface area contributed by atoms with Gasteiger partial charge in [-0.05, 0) is 45.1 Å². The zero-order valence-corrected chi connectivity index (χ0v) is 18.6. The first-order valence-corrected chi connectivity index (χ1v) is 8.96. The molecule has 6 heteroatoms. The number of nitrogens with zero attached hydrogens (tertiary/aromatic N) is 3. The number of guanidine groups is 1. The van der Waals surface area contributed by atoms with Gasteiger partial charge in [0.1, 0.15) is 0 Å². The Morgan fingerprint density at radius 1 is 1.21 bits per heavy atom. The normalized spacial score (nSPS) is 11.5. The van der Waals surface area contributed by atoms with E-state index in [4.69, 9.17) is 0 Å². The minimum atomic E-state index is 0. The summed E-state index contributed by atoms with van der Waals surface area (Å²) in [5.74, 6) is 1.72. The number of rotatable bonds is 9. The second-order valence-corrected chi connectivity index (χ2v) is 6.60. The van der Waals surface area contributed by atoms with Crippen LogP contribution in [0.2, 0.25) is 0 Å². The lowest BCUT2D eigenvalue weighted by molar-refractivity contribution is 0.541. The Morgan fingerprint density at radius 2 is 1.92 bits per heavy atom. The van der Waals surface area contributed by atoms with Gasteiger partial charge < -0.3 is 10.6 Å². The van der Waals surface area contributed by atoms with Crippen LogP contribution in [-0.4, -0.2) is 35.4 Å². The van der Waals surface area contributed by atoms with Crippen molar-refractivity contribution in [2.24, 2.45) is 18.0 Å². The molecule has 1 aromatic rings. The molecule has 0 aliphatic carbocycles. The highest BCUT2D eigenvalue weighted by Gasteiger charge is 2.08. The van der Waals surface area contributed by atoms with E-state index in [2.05, 4.69) is 55.3 Å². The molecule has 5 nitrogen and oxygen atoms in total. The van der Waals surface area contributed by atoms with E-state index in [1.54, 1.807) is 0 Å². The summed E-state index contributed by atoms with van der Waals surface area (Å²) >= 11 is 0.